The van der Waals surface area contributed by atoms with Crippen LogP contribution in [0.3, 0.4) is 0 Å². The van der Waals surface area contributed by atoms with Gasteiger partial charge in [0, 0.05) is 6.42 Å². The zero-order valence-electron chi connectivity index (χ0n) is 41.0. The third-order valence-corrected chi connectivity index (χ3v) is 13.0. The number of ether oxygens (including phenoxy) is 2. The van der Waals surface area contributed by atoms with E-state index in [4.69, 9.17) is 9.47 Å². The Morgan fingerprint density at radius 3 is 1.44 bits per heavy atom. The molecule has 9 unspecified atom stereocenters. The van der Waals surface area contributed by atoms with Gasteiger partial charge in [-0.15, -0.1) is 0 Å². The minimum Gasteiger partial charge on any atom is -0.394 e. The van der Waals surface area contributed by atoms with Crippen molar-refractivity contribution in [2.75, 3.05) is 13.2 Å². The first kappa shape index (κ1) is 60.6. The maximum absolute atomic E-state index is 13.1. The van der Waals surface area contributed by atoms with E-state index < -0.39 is 74.2 Å². The minimum atomic E-state index is -1.67. The van der Waals surface area contributed by atoms with Gasteiger partial charge in [0.25, 0.3) is 0 Å². The molecular formula is C53H101NO10. The Morgan fingerprint density at radius 1 is 0.562 bits per heavy atom. The van der Waals surface area contributed by atoms with Crippen molar-refractivity contribution in [2.45, 2.75) is 294 Å². The first-order valence-electron chi connectivity index (χ1n) is 26.7. The molecule has 0 saturated carbocycles. The van der Waals surface area contributed by atoms with Crippen molar-refractivity contribution in [1.82, 2.24) is 5.32 Å². The molecule has 9 atom stereocenters. The average molecular weight is 912 g/mol. The normalized spacial score (nSPS) is 21.2. The Hall–Kier alpha value is -1.41. The number of amides is 1. The lowest BCUT2D eigenvalue weighted by Crippen LogP contribution is -2.60. The van der Waals surface area contributed by atoms with E-state index in [2.05, 4.69) is 31.3 Å². The Labute approximate surface area is 391 Å². The van der Waals surface area contributed by atoms with Crippen molar-refractivity contribution in [1.29, 1.82) is 0 Å². The number of rotatable bonds is 45. The van der Waals surface area contributed by atoms with Gasteiger partial charge in [-0.3, -0.25) is 4.79 Å². The number of allylic oxidation sites excluding steroid dienone is 3. The molecule has 8 N–H and O–H groups in total. The van der Waals surface area contributed by atoms with Crippen LogP contribution in [0.1, 0.15) is 239 Å². The molecule has 11 nitrogen and oxygen atoms in total. The summed E-state index contributed by atoms with van der Waals surface area (Å²) in [4.78, 5) is 13.1. The van der Waals surface area contributed by atoms with Crippen molar-refractivity contribution in [3.63, 3.8) is 0 Å². The standard InChI is InChI=1S/C53H101NO10/c1-3-5-7-9-11-13-15-17-18-19-20-21-22-23-24-25-26-27-28-29-31-32-34-36-38-40-45(56)48(58)44(43-63-53-51(61)50(60)49(59)47(42-55)64-53)54-52(62)46(57)41-39-37-35-33-30-16-14-12-10-8-6-4-2/h30,33,37,39,44-51,53,55-61H,3-29,31-32,34-36,38,40-43H2,1-2H3,(H,54,62)/b33-30-,39-37-. The van der Waals surface area contributed by atoms with Gasteiger partial charge < -0.3 is 50.5 Å². The van der Waals surface area contributed by atoms with Crippen molar-refractivity contribution < 1.29 is 50.0 Å². The number of hydrogen-bond donors (Lipinski definition) is 8. The molecule has 1 rings (SSSR count). The number of hydrogen-bond acceptors (Lipinski definition) is 10. The third-order valence-electron chi connectivity index (χ3n) is 13.0. The number of nitrogens with one attached hydrogen (secondary N) is 1. The van der Waals surface area contributed by atoms with Crippen molar-refractivity contribution in [3.05, 3.63) is 24.3 Å². The summed E-state index contributed by atoms with van der Waals surface area (Å²) in [5.74, 6) is -0.762. The molecule has 1 saturated heterocycles. The summed E-state index contributed by atoms with van der Waals surface area (Å²) in [6, 6.07) is -1.20. The molecular weight excluding hydrogens is 811 g/mol. The molecule has 1 fully saturated rings. The maximum Gasteiger partial charge on any atom is 0.249 e. The fraction of sp³-hybridized carbons (Fsp3) is 0.906. The van der Waals surface area contributed by atoms with E-state index in [0.717, 1.165) is 25.7 Å². The second-order valence-electron chi connectivity index (χ2n) is 19.0. The lowest BCUT2D eigenvalue weighted by atomic mass is 9.98. The molecule has 1 aliphatic rings. The van der Waals surface area contributed by atoms with Gasteiger partial charge in [0.15, 0.2) is 6.29 Å². The van der Waals surface area contributed by atoms with E-state index in [9.17, 15) is 40.5 Å². The topological polar surface area (TPSA) is 189 Å². The molecule has 11 heteroatoms. The monoisotopic (exact) mass is 912 g/mol. The molecule has 0 spiro atoms. The maximum atomic E-state index is 13.1. The summed E-state index contributed by atoms with van der Waals surface area (Å²) in [5, 5.41) is 75.7. The van der Waals surface area contributed by atoms with E-state index in [0.29, 0.717) is 19.3 Å². The van der Waals surface area contributed by atoms with Crippen LogP contribution in [-0.4, -0.2) is 110 Å². The molecule has 0 radical (unpaired) electrons. The van der Waals surface area contributed by atoms with Crippen LogP contribution in [0.5, 0.6) is 0 Å². The Kier molecular flexibility index (Phi) is 40.6. The van der Waals surface area contributed by atoms with Gasteiger partial charge in [0.05, 0.1) is 25.4 Å². The van der Waals surface area contributed by atoms with Gasteiger partial charge in [-0.1, -0.05) is 231 Å². The molecule has 0 bridgehead atoms. The van der Waals surface area contributed by atoms with Crippen LogP contribution in [-0.2, 0) is 14.3 Å². The number of carbonyl (C=O) groups excluding carboxylic acids is 1. The van der Waals surface area contributed by atoms with E-state index in [1.807, 2.05) is 6.08 Å². The summed E-state index contributed by atoms with van der Waals surface area (Å²) in [7, 11) is 0. The van der Waals surface area contributed by atoms with Crippen LogP contribution in [0.25, 0.3) is 0 Å². The summed E-state index contributed by atoms with van der Waals surface area (Å²) in [6.45, 7) is 3.41. The predicted octanol–water partition coefficient (Wildman–Crippen LogP) is 10.2. The third kappa shape index (κ3) is 31.5. The molecule has 0 aliphatic carbocycles. The van der Waals surface area contributed by atoms with Crippen molar-refractivity contribution >= 4 is 5.91 Å². The Bertz CT molecular complexity index is 1090. The van der Waals surface area contributed by atoms with Crippen LogP contribution in [0.2, 0.25) is 0 Å². The van der Waals surface area contributed by atoms with Gasteiger partial charge in [-0.25, -0.2) is 0 Å². The lowest BCUT2D eigenvalue weighted by molar-refractivity contribution is -0.303. The van der Waals surface area contributed by atoms with Crippen molar-refractivity contribution in [2.24, 2.45) is 0 Å². The summed E-state index contributed by atoms with van der Waals surface area (Å²) < 4.78 is 11.1. The zero-order chi connectivity index (χ0) is 46.9. The molecule has 1 aliphatic heterocycles. The van der Waals surface area contributed by atoms with E-state index in [-0.39, 0.29) is 6.42 Å². The lowest BCUT2D eigenvalue weighted by Gasteiger charge is -2.40. The molecule has 0 aromatic heterocycles. The van der Waals surface area contributed by atoms with Crippen LogP contribution in [0.4, 0.5) is 0 Å². The highest BCUT2D eigenvalue weighted by molar-refractivity contribution is 5.81. The molecule has 64 heavy (non-hydrogen) atoms. The van der Waals surface area contributed by atoms with Crippen LogP contribution < -0.4 is 5.32 Å². The van der Waals surface area contributed by atoms with Gasteiger partial charge in [-0.05, 0) is 25.7 Å². The van der Waals surface area contributed by atoms with Crippen LogP contribution in [0, 0.1) is 0 Å². The SMILES string of the molecule is CCCCCCCC/C=C\C/C=C\CC(O)C(=O)NC(COC1OC(CO)C(O)C(O)C1O)C(O)C(O)CCCCCCCCCCCCCCCCCCCCCCCCCCC. The number of carbonyl (C=O) groups is 1. The highest BCUT2D eigenvalue weighted by atomic mass is 16.7. The van der Waals surface area contributed by atoms with Gasteiger partial charge in [-0.2, -0.15) is 0 Å². The fourth-order valence-corrected chi connectivity index (χ4v) is 8.60. The molecule has 0 aromatic carbocycles. The molecule has 1 heterocycles. The molecule has 0 aromatic rings. The minimum absolute atomic E-state index is 0.0512. The van der Waals surface area contributed by atoms with Crippen molar-refractivity contribution in [3.8, 4) is 0 Å². The quantitative estimate of drug-likeness (QED) is 0.0216. The summed E-state index contributed by atoms with van der Waals surface area (Å²) in [5.41, 5.74) is 0. The van der Waals surface area contributed by atoms with Crippen LogP contribution >= 0.6 is 0 Å². The first-order valence-corrected chi connectivity index (χ1v) is 26.7. The Balaban J connectivity index is 2.32. The zero-order valence-corrected chi connectivity index (χ0v) is 41.0. The highest BCUT2D eigenvalue weighted by Crippen LogP contribution is 2.23. The van der Waals surface area contributed by atoms with E-state index in [1.54, 1.807) is 6.08 Å². The summed E-state index contributed by atoms with van der Waals surface area (Å²) >= 11 is 0. The smallest absolute Gasteiger partial charge is 0.249 e. The van der Waals surface area contributed by atoms with E-state index in [1.165, 1.54) is 173 Å². The Morgan fingerprint density at radius 2 is 0.984 bits per heavy atom. The number of unbranched alkanes of at least 4 members (excludes halogenated alkanes) is 30. The van der Waals surface area contributed by atoms with Gasteiger partial charge in [0.1, 0.15) is 36.6 Å². The summed E-state index contributed by atoms with van der Waals surface area (Å²) in [6.07, 6.45) is 38.4. The second-order valence-corrected chi connectivity index (χ2v) is 19.0. The number of aliphatic hydroxyl groups excluding tert-OH is 7. The molecule has 1 amide bonds. The highest BCUT2D eigenvalue weighted by Gasteiger charge is 2.44. The largest absolute Gasteiger partial charge is 0.394 e. The van der Waals surface area contributed by atoms with E-state index >= 15 is 0 Å². The average Bonchev–Trinajstić information content (AvgIpc) is 3.29. The first-order chi connectivity index (χ1) is 31.2. The van der Waals surface area contributed by atoms with Gasteiger partial charge >= 0.3 is 0 Å². The fourth-order valence-electron chi connectivity index (χ4n) is 8.60. The second kappa shape index (κ2) is 42.9. The predicted molar refractivity (Wildman–Crippen MR) is 261 cm³/mol. The van der Waals surface area contributed by atoms with Crippen LogP contribution in [0.15, 0.2) is 24.3 Å². The molecule has 378 valence electrons. The number of aliphatic hydroxyl groups is 7. The van der Waals surface area contributed by atoms with Gasteiger partial charge in [0.2, 0.25) is 5.91 Å².